The van der Waals surface area contributed by atoms with Crippen LogP contribution in [0.3, 0.4) is 0 Å². The Bertz CT molecular complexity index is 920. The van der Waals surface area contributed by atoms with Gasteiger partial charge in [-0.1, -0.05) is 18.2 Å². The molecule has 1 amide bonds. The molecule has 4 heterocycles. The lowest BCUT2D eigenvalue weighted by molar-refractivity contribution is -0.132. The van der Waals surface area contributed by atoms with Gasteiger partial charge in [0, 0.05) is 37.6 Å². The summed E-state index contributed by atoms with van der Waals surface area (Å²) in [5.41, 5.74) is -0.186. The van der Waals surface area contributed by atoms with Crippen LogP contribution in [-0.2, 0) is 11.3 Å². The van der Waals surface area contributed by atoms with E-state index in [1.807, 2.05) is 23.1 Å². The van der Waals surface area contributed by atoms with Gasteiger partial charge in [0.1, 0.15) is 6.54 Å². The first kappa shape index (κ1) is 16.9. The molecule has 0 unspecified atom stereocenters. The van der Waals surface area contributed by atoms with Crippen molar-refractivity contribution in [2.24, 2.45) is 11.8 Å². The molecule has 2 aromatic rings. The maximum Gasteiger partial charge on any atom is 0.275 e. The van der Waals surface area contributed by atoms with E-state index in [0.29, 0.717) is 17.3 Å². The zero-order chi connectivity index (χ0) is 18.4. The average Bonchev–Trinajstić information content (AvgIpc) is 3.52. The van der Waals surface area contributed by atoms with Gasteiger partial charge in [-0.15, -0.1) is 0 Å². The van der Waals surface area contributed by atoms with Gasteiger partial charge < -0.3 is 4.90 Å². The molecule has 3 saturated heterocycles. The summed E-state index contributed by atoms with van der Waals surface area (Å²) in [6, 6.07) is 7.88. The number of rotatable bonds is 4. The van der Waals surface area contributed by atoms with Gasteiger partial charge in [0.2, 0.25) is 5.91 Å². The van der Waals surface area contributed by atoms with Crippen LogP contribution in [0.1, 0.15) is 25.7 Å². The summed E-state index contributed by atoms with van der Waals surface area (Å²) in [4.78, 5) is 30.2. The fraction of sp³-hybridized carbons (Fsp3) is 0.571. The SMILES string of the molecule is O=C(Cn1ncc2ccccc2c1=O)N1C[C@@H]2CC[C@H](C1)N(CC1CC1)C2. The molecule has 1 aromatic heterocycles. The minimum atomic E-state index is -0.186. The Hall–Kier alpha value is -2.21. The second-order valence-electron chi connectivity index (χ2n) is 8.49. The predicted molar refractivity (Wildman–Crippen MR) is 103 cm³/mol. The van der Waals surface area contributed by atoms with E-state index in [9.17, 15) is 9.59 Å². The van der Waals surface area contributed by atoms with Crippen LogP contribution in [0.4, 0.5) is 0 Å². The Balaban J connectivity index is 1.32. The van der Waals surface area contributed by atoms with Crippen molar-refractivity contribution in [1.29, 1.82) is 0 Å². The highest BCUT2D eigenvalue weighted by Gasteiger charge is 2.38. The van der Waals surface area contributed by atoms with Crippen molar-refractivity contribution in [2.45, 2.75) is 38.3 Å². The number of hydrogen-bond donors (Lipinski definition) is 0. The third-order valence-electron chi connectivity index (χ3n) is 6.42. The first-order valence-electron chi connectivity index (χ1n) is 10.1. The van der Waals surface area contributed by atoms with Crippen LogP contribution >= 0.6 is 0 Å². The van der Waals surface area contributed by atoms with Crippen molar-refractivity contribution < 1.29 is 4.79 Å². The van der Waals surface area contributed by atoms with Crippen LogP contribution in [0.2, 0.25) is 0 Å². The number of fused-ring (bicyclic) bond motifs is 5. The summed E-state index contributed by atoms with van der Waals surface area (Å²) in [7, 11) is 0. The molecule has 6 nitrogen and oxygen atoms in total. The fourth-order valence-electron chi connectivity index (χ4n) is 4.71. The summed E-state index contributed by atoms with van der Waals surface area (Å²) < 4.78 is 1.32. The highest BCUT2D eigenvalue weighted by molar-refractivity contribution is 5.81. The minimum Gasteiger partial charge on any atom is -0.339 e. The van der Waals surface area contributed by atoms with Crippen molar-refractivity contribution in [1.82, 2.24) is 19.6 Å². The first-order valence-corrected chi connectivity index (χ1v) is 10.1. The molecule has 4 fully saturated rings. The quantitative estimate of drug-likeness (QED) is 0.827. The largest absolute Gasteiger partial charge is 0.339 e. The lowest BCUT2D eigenvalue weighted by atomic mass is 9.95. The van der Waals surface area contributed by atoms with E-state index in [4.69, 9.17) is 0 Å². The second-order valence-corrected chi connectivity index (χ2v) is 8.49. The number of carbonyl (C=O) groups is 1. The molecule has 0 radical (unpaired) electrons. The molecule has 3 aliphatic heterocycles. The number of benzene rings is 1. The molecule has 1 aromatic carbocycles. The Labute approximate surface area is 158 Å². The molecule has 6 rings (SSSR count). The molecular formula is C21H26N4O2. The maximum absolute atomic E-state index is 13.0. The number of amides is 1. The highest BCUT2D eigenvalue weighted by Crippen LogP contribution is 2.34. The summed E-state index contributed by atoms with van der Waals surface area (Å²) in [6.07, 6.45) is 6.81. The minimum absolute atomic E-state index is 0.0186. The van der Waals surface area contributed by atoms with Gasteiger partial charge >= 0.3 is 0 Å². The standard InChI is InChI=1S/C21H26N4O2/c26-20(14-25-21(27)19-4-2-1-3-17(19)9-22-25)24-12-16-7-8-18(13-24)23(11-16)10-15-5-6-15/h1-4,9,15-16,18H,5-8,10-14H2/t16-,18-/m1/s1. The molecule has 27 heavy (non-hydrogen) atoms. The van der Waals surface area contributed by atoms with Gasteiger partial charge in [-0.05, 0) is 43.6 Å². The van der Waals surface area contributed by atoms with E-state index in [-0.39, 0.29) is 18.0 Å². The Morgan fingerprint density at radius 3 is 2.78 bits per heavy atom. The Kier molecular flexibility index (Phi) is 4.23. The molecule has 2 atom stereocenters. The Morgan fingerprint density at radius 2 is 1.93 bits per heavy atom. The molecule has 0 N–H and O–H groups in total. The van der Waals surface area contributed by atoms with Crippen LogP contribution in [-0.4, -0.2) is 57.7 Å². The Morgan fingerprint density at radius 1 is 1.07 bits per heavy atom. The van der Waals surface area contributed by atoms with Gasteiger partial charge in [-0.2, -0.15) is 5.10 Å². The molecule has 6 heteroatoms. The van der Waals surface area contributed by atoms with Crippen LogP contribution in [0.25, 0.3) is 10.8 Å². The van der Waals surface area contributed by atoms with Crippen molar-refractivity contribution >= 4 is 16.7 Å². The summed E-state index contributed by atoms with van der Waals surface area (Å²) in [6.45, 7) is 3.98. The van der Waals surface area contributed by atoms with Crippen LogP contribution < -0.4 is 5.56 Å². The van der Waals surface area contributed by atoms with Crippen molar-refractivity contribution in [3.05, 3.63) is 40.8 Å². The summed E-state index contributed by atoms with van der Waals surface area (Å²) >= 11 is 0. The predicted octanol–water partition coefficient (Wildman–Crippen LogP) is 1.73. The van der Waals surface area contributed by atoms with E-state index in [1.165, 1.54) is 36.9 Å². The number of hydrogen-bond acceptors (Lipinski definition) is 4. The number of carbonyl (C=O) groups excluding carboxylic acids is 1. The summed E-state index contributed by atoms with van der Waals surface area (Å²) in [5.74, 6) is 1.46. The number of nitrogens with zero attached hydrogens (tertiary/aromatic N) is 4. The average molecular weight is 366 g/mol. The van der Waals surface area contributed by atoms with Crippen molar-refractivity contribution in [2.75, 3.05) is 26.2 Å². The second kappa shape index (κ2) is 6.75. The van der Waals surface area contributed by atoms with E-state index in [0.717, 1.165) is 30.9 Å². The van der Waals surface area contributed by atoms with E-state index in [1.54, 1.807) is 12.3 Å². The van der Waals surface area contributed by atoms with Gasteiger partial charge in [0.15, 0.2) is 0 Å². The van der Waals surface area contributed by atoms with Crippen LogP contribution in [0, 0.1) is 11.8 Å². The molecule has 4 aliphatic rings. The lowest BCUT2D eigenvalue weighted by Gasteiger charge is -2.36. The number of piperidine rings is 1. The lowest BCUT2D eigenvalue weighted by Crippen LogP contribution is -2.45. The van der Waals surface area contributed by atoms with E-state index < -0.39 is 0 Å². The van der Waals surface area contributed by atoms with Crippen molar-refractivity contribution in [3.63, 3.8) is 0 Å². The maximum atomic E-state index is 13.0. The van der Waals surface area contributed by atoms with Crippen molar-refractivity contribution in [3.8, 4) is 0 Å². The zero-order valence-corrected chi connectivity index (χ0v) is 15.6. The summed E-state index contributed by atoms with van der Waals surface area (Å²) in [5, 5.41) is 5.66. The smallest absolute Gasteiger partial charge is 0.275 e. The van der Waals surface area contributed by atoms with Crippen LogP contribution in [0.5, 0.6) is 0 Å². The first-order chi connectivity index (χ1) is 13.2. The monoisotopic (exact) mass is 366 g/mol. The van der Waals surface area contributed by atoms with Gasteiger partial charge in [-0.25, -0.2) is 4.68 Å². The fourth-order valence-corrected chi connectivity index (χ4v) is 4.71. The highest BCUT2D eigenvalue weighted by atomic mass is 16.2. The zero-order valence-electron chi connectivity index (χ0n) is 15.6. The van der Waals surface area contributed by atoms with E-state index in [2.05, 4.69) is 10.00 Å². The van der Waals surface area contributed by atoms with Crippen LogP contribution in [0.15, 0.2) is 35.3 Å². The normalized spacial score (nSPS) is 25.7. The molecule has 142 valence electrons. The number of aromatic nitrogens is 2. The van der Waals surface area contributed by atoms with Gasteiger partial charge in [0.25, 0.3) is 5.56 Å². The molecule has 1 saturated carbocycles. The molecular weight excluding hydrogens is 340 g/mol. The van der Waals surface area contributed by atoms with Gasteiger partial charge in [0.05, 0.1) is 11.6 Å². The van der Waals surface area contributed by atoms with Gasteiger partial charge in [-0.3, -0.25) is 14.5 Å². The molecule has 0 spiro atoms. The topological polar surface area (TPSA) is 58.4 Å². The third kappa shape index (κ3) is 3.38. The van der Waals surface area contributed by atoms with E-state index >= 15 is 0 Å². The molecule has 2 bridgehead atoms. The third-order valence-corrected chi connectivity index (χ3v) is 6.42. The molecule has 1 aliphatic carbocycles.